The Morgan fingerprint density at radius 2 is 2.00 bits per heavy atom. The molecule has 0 atom stereocenters. The number of benzene rings is 1. The largest absolute Gasteiger partial charge is 0.457 e. The monoisotopic (exact) mass is 236 g/mol. The van der Waals surface area contributed by atoms with E-state index in [9.17, 15) is 9.18 Å². The summed E-state index contributed by atoms with van der Waals surface area (Å²) < 4.78 is 18.1. The summed E-state index contributed by atoms with van der Waals surface area (Å²) in [5, 5.41) is 0. The van der Waals surface area contributed by atoms with E-state index in [0.29, 0.717) is 5.56 Å². The summed E-state index contributed by atoms with van der Waals surface area (Å²) >= 11 is 0. The normalized spacial score (nSPS) is 11.8. The molecule has 0 saturated heterocycles. The first-order valence-corrected chi connectivity index (χ1v) is 5.45. The van der Waals surface area contributed by atoms with E-state index in [-0.39, 0.29) is 5.82 Å². The van der Waals surface area contributed by atoms with Gasteiger partial charge in [-0.3, -0.25) is 0 Å². The van der Waals surface area contributed by atoms with E-state index < -0.39 is 11.6 Å². The third-order valence-electron chi connectivity index (χ3n) is 2.00. The quantitative estimate of drug-likeness (QED) is 0.580. The van der Waals surface area contributed by atoms with Gasteiger partial charge in [-0.05, 0) is 57.0 Å². The Bertz CT molecular complexity index is 442. The minimum Gasteiger partial charge on any atom is -0.457 e. The van der Waals surface area contributed by atoms with Crippen molar-refractivity contribution in [3.63, 3.8) is 0 Å². The van der Waals surface area contributed by atoms with E-state index in [1.54, 1.807) is 45.9 Å². The molecule has 0 spiro atoms. The maximum absolute atomic E-state index is 13.0. The Balaban J connectivity index is 2.71. The number of esters is 1. The summed E-state index contributed by atoms with van der Waals surface area (Å²) in [6.45, 7) is 7.10. The average Bonchev–Trinajstić information content (AvgIpc) is 2.17. The summed E-state index contributed by atoms with van der Waals surface area (Å²) in [4.78, 5) is 11.4. The molecule has 0 bridgehead atoms. The van der Waals surface area contributed by atoms with Crippen molar-refractivity contribution in [3.05, 3.63) is 41.2 Å². The lowest BCUT2D eigenvalue weighted by Gasteiger charge is -2.17. The van der Waals surface area contributed by atoms with E-state index >= 15 is 0 Å². The summed E-state index contributed by atoms with van der Waals surface area (Å²) in [6, 6.07) is 4.67. The molecule has 0 aliphatic carbocycles. The smallest absolute Gasteiger partial charge is 0.331 e. The van der Waals surface area contributed by atoms with Gasteiger partial charge >= 0.3 is 5.97 Å². The van der Waals surface area contributed by atoms with E-state index in [0.717, 1.165) is 5.56 Å². The van der Waals surface area contributed by atoms with Crippen molar-refractivity contribution in [1.29, 1.82) is 0 Å². The summed E-state index contributed by atoms with van der Waals surface area (Å²) in [6.07, 6.45) is 2.96. The molecule has 0 radical (unpaired) electrons. The standard InChI is InChI=1S/C14H17FO2/c1-10-9-11(5-7-12(10)15)6-8-13(16)17-14(2,3)4/h5-9H,1-4H3/b8-6+. The molecular weight excluding hydrogens is 219 g/mol. The zero-order chi connectivity index (χ0) is 13.1. The van der Waals surface area contributed by atoms with Crippen LogP contribution in [-0.4, -0.2) is 11.6 Å². The van der Waals surface area contributed by atoms with E-state index in [1.165, 1.54) is 12.1 Å². The van der Waals surface area contributed by atoms with Gasteiger partial charge in [-0.1, -0.05) is 6.07 Å². The fraction of sp³-hybridized carbons (Fsp3) is 0.357. The van der Waals surface area contributed by atoms with E-state index in [4.69, 9.17) is 4.74 Å². The number of carbonyl (C=O) groups is 1. The van der Waals surface area contributed by atoms with Crippen LogP contribution in [0.4, 0.5) is 4.39 Å². The van der Waals surface area contributed by atoms with Crippen molar-refractivity contribution >= 4 is 12.0 Å². The minimum atomic E-state index is -0.500. The van der Waals surface area contributed by atoms with E-state index in [2.05, 4.69) is 0 Å². The van der Waals surface area contributed by atoms with Crippen LogP contribution in [0, 0.1) is 12.7 Å². The topological polar surface area (TPSA) is 26.3 Å². The molecule has 92 valence electrons. The van der Waals surface area contributed by atoms with Crippen molar-refractivity contribution in [2.75, 3.05) is 0 Å². The zero-order valence-electron chi connectivity index (χ0n) is 10.6. The number of hydrogen-bond acceptors (Lipinski definition) is 2. The Morgan fingerprint density at radius 3 is 2.53 bits per heavy atom. The van der Waals surface area contributed by atoms with Gasteiger partial charge in [0, 0.05) is 6.08 Å². The van der Waals surface area contributed by atoms with Crippen molar-refractivity contribution in [2.24, 2.45) is 0 Å². The van der Waals surface area contributed by atoms with Gasteiger partial charge in [0.05, 0.1) is 0 Å². The van der Waals surface area contributed by atoms with Crippen LogP contribution in [0.15, 0.2) is 24.3 Å². The van der Waals surface area contributed by atoms with Crippen LogP contribution in [0.5, 0.6) is 0 Å². The second-order valence-electron chi connectivity index (χ2n) is 4.88. The molecule has 0 saturated carbocycles. The summed E-state index contributed by atoms with van der Waals surface area (Å²) in [5.41, 5.74) is 0.825. The molecule has 0 unspecified atom stereocenters. The molecular formula is C14H17FO2. The van der Waals surface area contributed by atoms with Crippen molar-refractivity contribution in [3.8, 4) is 0 Å². The van der Waals surface area contributed by atoms with Crippen LogP contribution in [0.3, 0.4) is 0 Å². The van der Waals surface area contributed by atoms with Crippen LogP contribution in [0.25, 0.3) is 6.08 Å². The second-order valence-corrected chi connectivity index (χ2v) is 4.88. The van der Waals surface area contributed by atoms with Gasteiger partial charge in [-0.2, -0.15) is 0 Å². The molecule has 0 fully saturated rings. The van der Waals surface area contributed by atoms with Crippen LogP contribution >= 0.6 is 0 Å². The predicted octanol–water partition coefficient (Wildman–Crippen LogP) is 3.49. The Labute approximate surface area is 101 Å². The van der Waals surface area contributed by atoms with Gasteiger partial charge in [-0.15, -0.1) is 0 Å². The maximum atomic E-state index is 13.0. The van der Waals surface area contributed by atoms with Crippen LogP contribution in [-0.2, 0) is 9.53 Å². The van der Waals surface area contributed by atoms with Crippen molar-refractivity contribution in [2.45, 2.75) is 33.3 Å². The minimum absolute atomic E-state index is 0.251. The van der Waals surface area contributed by atoms with Gasteiger partial charge in [0.15, 0.2) is 0 Å². The molecule has 17 heavy (non-hydrogen) atoms. The van der Waals surface area contributed by atoms with Gasteiger partial charge in [-0.25, -0.2) is 9.18 Å². The number of carbonyl (C=O) groups excluding carboxylic acids is 1. The maximum Gasteiger partial charge on any atom is 0.331 e. The number of halogens is 1. The Hall–Kier alpha value is -1.64. The molecule has 1 rings (SSSR count). The molecule has 0 aliphatic heterocycles. The predicted molar refractivity (Wildman–Crippen MR) is 66.0 cm³/mol. The average molecular weight is 236 g/mol. The zero-order valence-corrected chi connectivity index (χ0v) is 10.6. The van der Waals surface area contributed by atoms with Gasteiger partial charge in [0.25, 0.3) is 0 Å². The third-order valence-corrected chi connectivity index (χ3v) is 2.00. The molecule has 0 aromatic heterocycles. The highest BCUT2D eigenvalue weighted by Gasteiger charge is 2.13. The molecule has 2 nitrogen and oxygen atoms in total. The number of ether oxygens (including phenoxy) is 1. The SMILES string of the molecule is Cc1cc(/C=C/C(=O)OC(C)(C)C)ccc1F. The third kappa shape index (κ3) is 4.81. The first-order chi connectivity index (χ1) is 7.78. The van der Waals surface area contributed by atoms with Crippen LogP contribution < -0.4 is 0 Å². The highest BCUT2D eigenvalue weighted by Crippen LogP contribution is 2.12. The van der Waals surface area contributed by atoms with Gasteiger partial charge < -0.3 is 4.74 Å². The highest BCUT2D eigenvalue weighted by atomic mass is 19.1. The van der Waals surface area contributed by atoms with Gasteiger partial charge in [0.2, 0.25) is 0 Å². The fourth-order valence-corrected chi connectivity index (χ4v) is 1.27. The van der Waals surface area contributed by atoms with Gasteiger partial charge in [0.1, 0.15) is 11.4 Å². The fourth-order valence-electron chi connectivity index (χ4n) is 1.27. The lowest BCUT2D eigenvalue weighted by molar-refractivity contribution is -0.148. The molecule has 1 aromatic carbocycles. The lowest BCUT2D eigenvalue weighted by atomic mass is 10.1. The molecule has 0 heterocycles. The molecule has 0 N–H and O–H groups in total. The molecule has 1 aromatic rings. The number of hydrogen-bond donors (Lipinski definition) is 0. The highest BCUT2D eigenvalue weighted by molar-refractivity contribution is 5.87. The number of rotatable bonds is 2. The number of aryl methyl sites for hydroxylation is 1. The first-order valence-electron chi connectivity index (χ1n) is 5.45. The molecule has 0 aliphatic rings. The Kier molecular flexibility index (Phi) is 4.05. The molecule has 3 heteroatoms. The Morgan fingerprint density at radius 1 is 1.35 bits per heavy atom. The van der Waals surface area contributed by atoms with Crippen LogP contribution in [0.2, 0.25) is 0 Å². The van der Waals surface area contributed by atoms with Crippen LogP contribution in [0.1, 0.15) is 31.9 Å². The first kappa shape index (κ1) is 13.4. The lowest BCUT2D eigenvalue weighted by Crippen LogP contribution is -2.22. The van der Waals surface area contributed by atoms with Crippen molar-refractivity contribution in [1.82, 2.24) is 0 Å². The summed E-state index contributed by atoms with van der Waals surface area (Å²) in [5.74, 6) is -0.654. The molecule has 0 amide bonds. The second kappa shape index (κ2) is 5.13. The van der Waals surface area contributed by atoms with Crippen molar-refractivity contribution < 1.29 is 13.9 Å². The summed E-state index contributed by atoms with van der Waals surface area (Å²) in [7, 11) is 0. The van der Waals surface area contributed by atoms with E-state index in [1.807, 2.05) is 0 Å².